The van der Waals surface area contributed by atoms with Crippen LogP contribution in [0, 0.1) is 6.92 Å². The third-order valence-electron chi connectivity index (χ3n) is 1.55. The van der Waals surface area contributed by atoms with Gasteiger partial charge in [-0.15, -0.1) is 6.58 Å². The normalized spacial score (nSPS) is 9.75. The van der Waals surface area contributed by atoms with Gasteiger partial charge < -0.3 is 0 Å². The molecule has 0 aliphatic carbocycles. The van der Waals surface area contributed by atoms with Crippen molar-refractivity contribution in [2.45, 2.75) is 13.5 Å². The zero-order valence-electron chi connectivity index (χ0n) is 6.83. The van der Waals surface area contributed by atoms with Crippen LogP contribution >= 0.6 is 0 Å². The highest BCUT2D eigenvalue weighted by Gasteiger charge is 1.98. The molecule has 0 aliphatic heterocycles. The third-order valence-corrected chi connectivity index (χ3v) is 1.55. The number of H-pyrrole nitrogens is 1. The smallest absolute Gasteiger partial charge is 0.294 e. The van der Waals surface area contributed by atoms with Crippen molar-refractivity contribution >= 4 is 0 Å². The van der Waals surface area contributed by atoms with E-state index in [2.05, 4.69) is 11.6 Å². The Balaban J connectivity index is 3.38. The minimum atomic E-state index is -0.389. The quantitative estimate of drug-likeness (QED) is 0.630. The highest BCUT2D eigenvalue weighted by Crippen LogP contribution is 1.87. The molecule has 4 nitrogen and oxygen atoms in total. The van der Waals surface area contributed by atoms with E-state index >= 15 is 0 Å². The number of hydrogen-bond donors (Lipinski definition) is 1. The summed E-state index contributed by atoms with van der Waals surface area (Å²) in [6.07, 6.45) is 1.60. The summed E-state index contributed by atoms with van der Waals surface area (Å²) in [7, 11) is 0. The van der Waals surface area contributed by atoms with Gasteiger partial charge in [0.1, 0.15) is 0 Å². The first-order valence-electron chi connectivity index (χ1n) is 3.57. The Morgan fingerprint density at radius 2 is 2.33 bits per heavy atom. The Morgan fingerprint density at radius 1 is 1.67 bits per heavy atom. The van der Waals surface area contributed by atoms with Crippen LogP contribution in [0.5, 0.6) is 0 Å². The zero-order chi connectivity index (χ0) is 9.14. The minimum absolute atomic E-state index is 0.363. The Bertz CT molecular complexity index is 400. The van der Waals surface area contributed by atoms with E-state index in [0.717, 1.165) is 0 Å². The molecule has 0 aliphatic rings. The molecule has 0 fully saturated rings. The van der Waals surface area contributed by atoms with E-state index in [-0.39, 0.29) is 11.2 Å². The van der Waals surface area contributed by atoms with Crippen LogP contribution in [-0.2, 0) is 6.54 Å². The molecule has 64 valence electrons. The van der Waals surface area contributed by atoms with Crippen LogP contribution in [0.4, 0.5) is 0 Å². The van der Waals surface area contributed by atoms with Gasteiger partial charge in [0.25, 0.3) is 5.56 Å². The molecule has 1 N–H and O–H groups in total. The molecule has 0 spiro atoms. The van der Waals surface area contributed by atoms with Crippen LogP contribution in [0.3, 0.4) is 0 Å². The first kappa shape index (κ1) is 8.52. The lowest BCUT2D eigenvalue weighted by Gasteiger charge is -2.03. The molecule has 1 rings (SSSR count). The average molecular weight is 166 g/mol. The van der Waals surface area contributed by atoms with Crippen LogP contribution in [-0.4, -0.2) is 9.55 Å². The number of nitrogens with one attached hydrogen (secondary N) is 1. The molecule has 4 heteroatoms. The highest BCUT2D eigenvalue weighted by molar-refractivity contribution is 4.99. The van der Waals surface area contributed by atoms with Crippen molar-refractivity contribution in [3.05, 3.63) is 45.3 Å². The Hall–Kier alpha value is -1.58. The Labute approximate surface area is 69.2 Å². The van der Waals surface area contributed by atoms with E-state index in [1.54, 1.807) is 13.0 Å². The molecule has 1 aromatic rings. The summed E-state index contributed by atoms with van der Waals surface area (Å²) < 4.78 is 1.44. The van der Waals surface area contributed by atoms with Crippen LogP contribution in [0.25, 0.3) is 0 Å². The van der Waals surface area contributed by atoms with Gasteiger partial charge in [0.05, 0.1) is 0 Å². The maximum absolute atomic E-state index is 11.1. The fourth-order valence-electron chi connectivity index (χ4n) is 0.993. The van der Waals surface area contributed by atoms with Gasteiger partial charge >= 0.3 is 5.69 Å². The summed E-state index contributed by atoms with van der Waals surface area (Å²) in [4.78, 5) is 24.1. The number of rotatable bonds is 2. The molecule has 0 unspecified atom stereocenters. The maximum Gasteiger partial charge on any atom is 0.328 e. The number of aromatic nitrogens is 2. The van der Waals surface area contributed by atoms with E-state index in [4.69, 9.17) is 0 Å². The molecule has 1 aromatic heterocycles. The van der Waals surface area contributed by atoms with Gasteiger partial charge in [-0.2, -0.15) is 0 Å². The standard InChI is InChI=1S/C8H10N2O2/c1-3-4-10-6(2)5-7(11)9-8(10)12/h3,5H,1,4H2,2H3,(H,9,11,12). The Morgan fingerprint density at radius 3 is 2.83 bits per heavy atom. The van der Waals surface area contributed by atoms with Crippen molar-refractivity contribution < 1.29 is 0 Å². The summed E-state index contributed by atoms with van der Waals surface area (Å²) >= 11 is 0. The molecular formula is C8H10N2O2. The molecule has 0 saturated carbocycles. The van der Waals surface area contributed by atoms with Crippen molar-refractivity contribution in [1.82, 2.24) is 9.55 Å². The fourth-order valence-corrected chi connectivity index (χ4v) is 0.993. The topological polar surface area (TPSA) is 54.9 Å². The number of aromatic amines is 1. The lowest BCUT2D eigenvalue weighted by molar-refractivity contribution is 0.708. The van der Waals surface area contributed by atoms with Gasteiger partial charge in [0.15, 0.2) is 0 Å². The maximum atomic E-state index is 11.1. The van der Waals surface area contributed by atoms with Crippen LogP contribution < -0.4 is 11.2 Å². The number of aryl methyl sites for hydroxylation is 1. The minimum Gasteiger partial charge on any atom is -0.294 e. The summed E-state index contributed by atoms with van der Waals surface area (Å²) in [5.74, 6) is 0. The second-order valence-electron chi connectivity index (χ2n) is 2.48. The molecule has 0 saturated heterocycles. The summed E-state index contributed by atoms with van der Waals surface area (Å²) in [5.41, 5.74) is -0.110. The average Bonchev–Trinajstić information content (AvgIpc) is 1.96. The molecule has 12 heavy (non-hydrogen) atoms. The van der Waals surface area contributed by atoms with E-state index in [1.807, 2.05) is 0 Å². The van der Waals surface area contributed by atoms with Gasteiger partial charge in [0, 0.05) is 18.3 Å². The van der Waals surface area contributed by atoms with Gasteiger partial charge in [0.2, 0.25) is 0 Å². The van der Waals surface area contributed by atoms with E-state index in [1.165, 1.54) is 10.6 Å². The van der Waals surface area contributed by atoms with E-state index < -0.39 is 0 Å². The van der Waals surface area contributed by atoms with Crippen molar-refractivity contribution in [2.24, 2.45) is 0 Å². The van der Waals surface area contributed by atoms with Crippen LogP contribution in [0.15, 0.2) is 28.3 Å². The first-order valence-corrected chi connectivity index (χ1v) is 3.57. The lowest BCUT2D eigenvalue weighted by Crippen LogP contribution is -2.30. The third kappa shape index (κ3) is 1.53. The molecule has 0 aromatic carbocycles. The number of hydrogen-bond acceptors (Lipinski definition) is 2. The van der Waals surface area contributed by atoms with Gasteiger partial charge in [-0.3, -0.25) is 14.3 Å². The molecule has 0 amide bonds. The van der Waals surface area contributed by atoms with Gasteiger partial charge in [-0.25, -0.2) is 4.79 Å². The van der Waals surface area contributed by atoms with Crippen molar-refractivity contribution in [2.75, 3.05) is 0 Å². The predicted octanol–water partition coefficient (Wildman–Crippen LogP) is 0.0310. The SMILES string of the molecule is C=CCn1c(C)cc(=O)[nH]c1=O. The summed E-state index contributed by atoms with van der Waals surface area (Å²) in [5, 5.41) is 0. The number of allylic oxidation sites excluding steroid dienone is 1. The fraction of sp³-hybridized carbons (Fsp3) is 0.250. The molecule has 1 heterocycles. The second-order valence-corrected chi connectivity index (χ2v) is 2.48. The summed E-state index contributed by atoms with van der Waals surface area (Å²) in [6.45, 7) is 5.64. The monoisotopic (exact) mass is 166 g/mol. The van der Waals surface area contributed by atoms with E-state index in [9.17, 15) is 9.59 Å². The highest BCUT2D eigenvalue weighted by atomic mass is 16.2. The molecular weight excluding hydrogens is 156 g/mol. The molecule has 0 bridgehead atoms. The first-order chi connectivity index (χ1) is 5.65. The van der Waals surface area contributed by atoms with Crippen LogP contribution in [0.1, 0.15) is 5.69 Å². The van der Waals surface area contributed by atoms with Crippen molar-refractivity contribution in [3.63, 3.8) is 0 Å². The summed E-state index contributed by atoms with van der Waals surface area (Å²) in [6, 6.07) is 1.38. The number of nitrogens with zero attached hydrogens (tertiary/aromatic N) is 1. The van der Waals surface area contributed by atoms with E-state index in [0.29, 0.717) is 12.2 Å². The zero-order valence-corrected chi connectivity index (χ0v) is 6.83. The van der Waals surface area contributed by atoms with Crippen molar-refractivity contribution in [1.29, 1.82) is 0 Å². The van der Waals surface area contributed by atoms with Gasteiger partial charge in [-0.1, -0.05) is 6.08 Å². The lowest BCUT2D eigenvalue weighted by atomic mass is 10.4. The molecule has 0 radical (unpaired) electrons. The Kier molecular flexibility index (Phi) is 2.28. The second kappa shape index (κ2) is 3.21. The predicted molar refractivity (Wildman–Crippen MR) is 46.3 cm³/mol. The van der Waals surface area contributed by atoms with Gasteiger partial charge in [-0.05, 0) is 6.92 Å². The van der Waals surface area contributed by atoms with Crippen LogP contribution in [0.2, 0.25) is 0 Å². The largest absolute Gasteiger partial charge is 0.328 e. The molecule has 0 atom stereocenters. The van der Waals surface area contributed by atoms with Crippen molar-refractivity contribution in [3.8, 4) is 0 Å².